The minimum Gasteiger partial charge on any atom is -0.346 e. The Morgan fingerprint density at radius 3 is 2.57 bits per heavy atom. The van der Waals surface area contributed by atoms with Crippen LogP contribution in [0.1, 0.15) is 53.2 Å². The number of alkyl halides is 3. The Balaban J connectivity index is 1.15. The van der Waals surface area contributed by atoms with Gasteiger partial charge >= 0.3 is 6.18 Å². The molecule has 44 heavy (non-hydrogen) atoms. The van der Waals surface area contributed by atoms with Crippen LogP contribution >= 0.6 is 0 Å². The second-order valence-electron chi connectivity index (χ2n) is 11.4. The second-order valence-corrected chi connectivity index (χ2v) is 11.4. The molecule has 0 radical (unpaired) electrons. The largest absolute Gasteiger partial charge is 0.419 e. The summed E-state index contributed by atoms with van der Waals surface area (Å²) in [5, 5.41) is 24.8. The number of pyridine rings is 1. The summed E-state index contributed by atoms with van der Waals surface area (Å²) in [6.45, 7) is 3.15. The molecule has 2 aliphatic rings. The molecule has 6 rings (SSSR count). The summed E-state index contributed by atoms with van der Waals surface area (Å²) in [5.74, 6) is -2.26. The van der Waals surface area contributed by atoms with Crippen molar-refractivity contribution in [1.82, 2.24) is 29.5 Å². The third-order valence-electron chi connectivity index (χ3n) is 8.86. The molecule has 2 saturated heterocycles. The summed E-state index contributed by atoms with van der Waals surface area (Å²) in [6, 6.07) is 8.74. The van der Waals surface area contributed by atoms with Crippen LogP contribution in [0.2, 0.25) is 0 Å². The van der Waals surface area contributed by atoms with Gasteiger partial charge in [0.15, 0.2) is 0 Å². The number of rotatable bonds is 6. The van der Waals surface area contributed by atoms with Crippen molar-refractivity contribution >= 4 is 16.9 Å². The third kappa shape index (κ3) is 4.87. The van der Waals surface area contributed by atoms with Crippen LogP contribution < -0.4 is 0 Å². The summed E-state index contributed by atoms with van der Waals surface area (Å²) >= 11 is 0. The minimum absolute atomic E-state index is 0.00394. The van der Waals surface area contributed by atoms with E-state index in [2.05, 4.69) is 32.1 Å². The van der Waals surface area contributed by atoms with Crippen LogP contribution in [0.5, 0.6) is 0 Å². The molecule has 0 saturated carbocycles. The number of carbonyl (C=O) groups excluding carboxylic acids is 1. The van der Waals surface area contributed by atoms with E-state index < -0.39 is 34.6 Å². The molecule has 1 N–H and O–H groups in total. The highest BCUT2D eigenvalue weighted by Crippen LogP contribution is 2.39. The highest BCUT2D eigenvalue weighted by atomic mass is 19.4. The normalized spacial score (nSPS) is 17.3. The van der Waals surface area contributed by atoms with Crippen LogP contribution in [0.25, 0.3) is 22.2 Å². The number of aromatic nitrogens is 4. The van der Waals surface area contributed by atoms with Crippen molar-refractivity contribution in [2.75, 3.05) is 26.2 Å². The number of halogens is 4. The molecular formula is C31H28F4N8O. The molecule has 0 aliphatic carbocycles. The first-order valence-corrected chi connectivity index (χ1v) is 14.3. The fraction of sp³-hybridized carbons (Fsp3) is 0.387. The van der Waals surface area contributed by atoms with Gasteiger partial charge in [-0.05, 0) is 37.0 Å². The van der Waals surface area contributed by atoms with Gasteiger partial charge in [0.1, 0.15) is 23.1 Å². The van der Waals surface area contributed by atoms with Gasteiger partial charge in [-0.3, -0.25) is 14.4 Å². The Morgan fingerprint density at radius 2 is 1.91 bits per heavy atom. The van der Waals surface area contributed by atoms with Gasteiger partial charge in [-0.1, -0.05) is 13.0 Å². The zero-order valence-corrected chi connectivity index (χ0v) is 23.8. The summed E-state index contributed by atoms with van der Waals surface area (Å²) in [4.78, 5) is 24.1. The van der Waals surface area contributed by atoms with E-state index >= 15 is 0 Å². The summed E-state index contributed by atoms with van der Waals surface area (Å²) < 4.78 is 57.5. The number of hydrogen-bond acceptors (Lipinski definition) is 6. The standard InChI is InChI=1S/C31H28F4N8O/c1-2-19-3-4-24(27(32)26(19)31(33,34)35)29(44)41-11-6-22(7-12-41)42-17-30(18-42,8-9-36)43-16-21(15-40-43)25-20(13-37)14-39-28-23(25)5-10-38-28/h3-5,10,14-16,22H,2,6-8,11-12,17-18H2,1H3,(H,38,39). The van der Waals surface area contributed by atoms with E-state index in [4.69, 9.17) is 0 Å². The van der Waals surface area contributed by atoms with Gasteiger partial charge < -0.3 is 9.88 Å². The maximum Gasteiger partial charge on any atom is 0.419 e. The minimum atomic E-state index is -4.90. The fourth-order valence-corrected chi connectivity index (χ4v) is 6.55. The average Bonchev–Trinajstić information content (AvgIpc) is 3.67. The van der Waals surface area contributed by atoms with Crippen LogP contribution in [0, 0.1) is 28.5 Å². The summed E-state index contributed by atoms with van der Waals surface area (Å²) in [5.41, 5.74) is -0.171. The Kier molecular flexibility index (Phi) is 7.38. The van der Waals surface area contributed by atoms with Gasteiger partial charge in [0.05, 0.1) is 35.4 Å². The number of fused-ring (bicyclic) bond motifs is 1. The Labute approximate surface area is 250 Å². The average molecular weight is 605 g/mol. The lowest BCUT2D eigenvalue weighted by atomic mass is 9.83. The number of nitrogens with one attached hydrogen (secondary N) is 1. The van der Waals surface area contributed by atoms with E-state index in [0.717, 1.165) is 17.0 Å². The molecule has 0 atom stereocenters. The summed E-state index contributed by atoms with van der Waals surface area (Å²) in [6.07, 6.45) is 3.26. The topological polar surface area (TPSA) is 118 Å². The first kappa shape index (κ1) is 29.3. The number of piperidine rings is 1. The van der Waals surface area contributed by atoms with Crippen molar-refractivity contribution in [3.8, 4) is 23.3 Å². The number of carbonyl (C=O) groups is 1. The smallest absolute Gasteiger partial charge is 0.346 e. The van der Waals surface area contributed by atoms with Crippen LogP contribution in [-0.4, -0.2) is 67.7 Å². The maximum absolute atomic E-state index is 15.0. The Morgan fingerprint density at radius 1 is 1.16 bits per heavy atom. The van der Waals surface area contributed by atoms with E-state index in [0.29, 0.717) is 42.7 Å². The summed E-state index contributed by atoms with van der Waals surface area (Å²) in [7, 11) is 0. The first-order chi connectivity index (χ1) is 21.1. The van der Waals surface area contributed by atoms with Crippen LogP contribution in [0.4, 0.5) is 17.6 Å². The number of aromatic amines is 1. The molecule has 9 nitrogen and oxygen atoms in total. The highest BCUT2D eigenvalue weighted by molar-refractivity contribution is 5.96. The molecule has 0 spiro atoms. The van der Waals surface area contributed by atoms with Crippen molar-refractivity contribution < 1.29 is 22.4 Å². The van der Waals surface area contributed by atoms with E-state index in [1.165, 1.54) is 24.1 Å². The number of H-pyrrole nitrogens is 1. The van der Waals surface area contributed by atoms with Crippen molar-refractivity contribution in [1.29, 1.82) is 10.5 Å². The zero-order chi connectivity index (χ0) is 31.2. The SMILES string of the molecule is CCc1ccc(C(=O)N2CCC(N3CC(CC#N)(n4cc(-c5c(C#N)cnc6[nH]ccc56)cn4)C3)CC2)c(F)c1C(F)(F)F. The van der Waals surface area contributed by atoms with Crippen LogP contribution in [0.15, 0.2) is 43.0 Å². The van der Waals surface area contributed by atoms with Gasteiger partial charge in [0.2, 0.25) is 0 Å². The molecule has 2 fully saturated rings. The number of nitriles is 2. The molecule has 4 aromatic rings. The zero-order valence-electron chi connectivity index (χ0n) is 23.8. The van der Waals surface area contributed by atoms with Crippen LogP contribution in [-0.2, 0) is 18.1 Å². The molecule has 5 heterocycles. The quantitative estimate of drug-likeness (QED) is 0.301. The maximum atomic E-state index is 15.0. The van der Waals surface area contributed by atoms with Gasteiger partial charge in [-0.25, -0.2) is 9.37 Å². The molecule has 1 amide bonds. The predicted molar refractivity (Wildman–Crippen MR) is 152 cm³/mol. The monoisotopic (exact) mass is 604 g/mol. The van der Waals surface area contributed by atoms with E-state index in [1.807, 2.05) is 12.3 Å². The lowest BCUT2D eigenvalue weighted by Crippen LogP contribution is -2.66. The van der Waals surface area contributed by atoms with Crippen molar-refractivity contribution in [3.63, 3.8) is 0 Å². The number of aryl methyl sites for hydroxylation is 1. The molecule has 0 bridgehead atoms. The van der Waals surface area contributed by atoms with Crippen molar-refractivity contribution in [3.05, 3.63) is 71.1 Å². The number of hydrogen-bond donors (Lipinski definition) is 1. The first-order valence-electron chi connectivity index (χ1n) is 14.3. The number of nitrogens with zero attached hydrogens (tertiary/aromatic N) is 7. The molecule has 2 aliphatic heterocycles. The molecule has 13 heteroatoms. The number of amides is 1. The molecule has 0 unspecified atom stereocenters. The lowest BCUT2D eigenvalue weighted by molar-refractivity contribution is -0.140. The van der Waals surface area contributed by atoms with Crippen molar-refractivity contribution in [2.45, 2.75) is 50.4 Å². The van der Waals surface area contributed by atoms with Gasteiger partial charge in [-0.15, -0.1) is 0 Å². The molecule has 3 aromatic heterocycles. The molecule has 226 valence electrons. The van der Waals surface area contributed by atoms with E-state index in [1.54, 1.807) is 17.1 Å². The Bertz CT molecular complexity index is 1810. The fourth-order valence-electron chi connectivity index (χ4n) is 6.55. The Hall–Kier alpha value is -4.75. The number of benzene rings is 1. The van der Waals surface area contributed by atoms with Gasteiger partial charge in [-0.2, -0.15) is 28.8 Å². The lowest BCUT2D eigenvalue weighted by Gasteiger charge is -2.53. The molecular weight excluding hydrogens is 576 g/mol. The van der Waals surface area contributed by atoms with E-state index in [-0.39, 0.29) is 37.5 Å². The van der Waals surface area contributed by atoms with E-state index in [9.17, 15) is 32.9 Å². The van der Waals surface area contributed by atoms with Gasteiger partial charge in [0.25, 0.3) is 5.91 Å². The van der Waals surface area contributed by atoms with Gasteiger partial charge in [0, 0.05) is 67.3 Å². The third-order valence-corrected chi connectivity index (χ3v) is 8.86. The number of likely N-dealkylation sites (tertiary alicyclic amines) is 2. The van der Waals surface area contributed by atoms with Crippen molar-refractivity contribution in [2.24, 2.45) is 0 Å². The molecule has 1 aromatic carbocycles. The van der Waals surface area contributed by atoms with Crippen LogP contribution in [0.3, 0.4) is 0 Å². The predicted octanol–water partition coefficient (Wildman–Crippen LogP) is 5.25. The highest BCUT2D eigenvalue weighted by Gasteiger charge is 2.48. The second kappa shape index (κ2) is 11.1.